The Morgan fingerprint density at radius 1 is 1.17 bits per heavy atom. The van der Waals surface area contributed by atoms with Crippen molar-refractivity contribution in [2.24, 2.45) is 7.05 Å². The van der Waals surface area contributed by atoms with Crippen molar-refractivity contribution < 1.29 is 4.79 Å². The zero-order valence-electron chi connectivity index (χ0n) is 13.5. The van der Waals surface area contributed by atoms with Crippen molar-refractivity contribution in [3.63, 3.8) is 0 Å². The molecule has 0 aliphatic carbocycles. The number of rotatable bonds is 3. The van der Waals surface area contributed by atoms with Gasteiger partial charge in [0.15, 0.2) is 0 Å². The lowest BCUT2D eigenvalue weighted by Gasteiger charge is -2.06. The predicted octanol–water partition coefficient (Wildman–Crippen LogP) is 4.38. The van der Waals surface area contributed by atoms with Gasteiger partial charge >= 0.3 is 0 Å². The van der Waals surface area contributed by atoms with Crippen LogP contribution in [0.3, 0.4) is 0 Å². The van der Waals surface area contributed by atoms with Gasteiger partial charge in [0.2, 0.25) is 0 Å². The van der Waals surface area contributed by atoms with Gasteiger partial charge in [0.25, 0.3) is 5.91 Å². The summed E-state index contributed by atoms with van der Waals surface area (Å²) in [6.45, 7) is 4.64. The number of carbonyl (C=O) groups is 1. The Balaban J connectivity index is 1.82. The molecule has 2 aromatic carbocycles. The van der Waals surface area contributed by atoms with Crippen molar-refractivity contribution in [2.75, 3.05) is 0 Å². The van der Waals surface area contributed by atoms with Crippen molar-refractivity contribution in [1.82, 2.24) is 9.88 Å². The summed E-state index contributed by atoms with van der Waals surface area (Å²) in [6, 6.07) is 13.3. The fourth-order valence-electron chi connectivity index (χ4n) is 2.83. The highest BCUT2D eigenvalue weighted by molar-refractivity contribution is 6.30. The first-order chi connectivity index (χ1) is 11.0. The first-order valence-electron chi connectivity index (χ1n) is 7.55. The molecule has 1 heterocycles. The third-order valence-corrected chi connectivity index (χ3v) is 4.65. The van der Waals surface area contributed by atoms with Crippen LogP contribution in [0.2, 0.25) is 5.02 Å². The summed E-state index contributed by atoms with van der Waals surface area (Å²) >= 11 is 5.96. The normalized spacial score (nSPS) is 11.0. The molecule has 3 rings (SSSR count). The molecule has 0 unspecified atom stereocenters. The molecule has 0 radical (unpaired) electrons. The van der Waals surface area contributed by atoms with E-state index < -0.39 is 0 Å². The van der Waals surface area contributed by atoms with E-state index >= 15 is 0 Å². The number of amides is 1. The number of halogens is 1. The lowest BCUT2D eigenvalue weighted by molar-refractivity contribution is 0.0951. The number of hydrogen-bond acceptors (Lipinski definition) is 1. The second kappa shape index (κ2) is 6.09. The SMILES string of the molecule is Cc1c(C)n(C)c2ccc(C(=O)NCc3cccc(Cl)c3)cc12. The third kappa shape index (κ3) is 2.97. The molecule has 0 saturated heterocycles. The summed E-state index contributed by atoms with van der Waals surface area (Å²) in [6.07, 6.45) is 0. The Hall–Kier alpha value is -2.26. The molecule has 1 amide bonds. The maximum Gasteiger partial charge on any atom is 0.251 e. The molecular formula is C19H19ClN2O. The van der Waals surface area contributed by atoms with E-state index in [4.69, 9.17) is 11.6 Å². The molecule has 0 aliphatic rings. The maximum atomic E-state index is 12.4. The highest BCUT2D eigenvalue weighted by Crippen LogP contribution is 2.25. The van der Waals surface area contributed by atoms with Gasteiger partial charge < -0.3 is 9.88 Å². The van der Waals surface area contributed by atoms with Gasteiger partial charge in [-0.1, -0.05) is 23.7 Å². The van der Waals surface area contributed by atoms with E-state index in [0.717, 1.165) is 16.5 Å². The van der Waals surface area contributed by atoms with Crippen molar-refractivity contribution in [3.8, 4) is 0 Å². The molecule has 4 heteroatoms. The predicted molar refractivity (Wildman–Crippen MR) is 95.0 cm³/mol. The van der Waals surface area contributed by atoms with Crippen molar-refractivity contribution >= 4 is 28.4 Å². The summed E-state index contributed by atoms with van der Waals surface area (Å²) in [5.41, 5.74) is 5.24. The lowest BCUT2D eigenvalue weighted by Crippen LogP contribution is -2.22. The smallest absolute Gasteiger partial charge is 0.251 e. The molecule has 118 valence electrons. The van der Waals surface area contributed by atoms with Crippen molar-refractivity contribution in [1.29, 1.82) is 0 Å². The summed E-state index contributed by atoms with van der Waals surface area (Å²) in [5, 5.41) is 4.74. The molecule has 0 fully saturated rings. The average Bonchev–Trinajstić information content (AvgIpc) is 2.77. The third-order valence-electron chi connectivity index (χ3n) is 4.41. The molecule has 1 N–H and O–H groups in total. The van der Waals surface area contributed by atoms with Gasteiger partial charge in [0.05, 0.1) is 0 Å². The van der Waals surface area contributed by atoms with Crippen LogP contribution < -0.4 is 5.32 Å². The van der Waals surface area contributed by atoms with E-state index in [1.165, 1.54) is 11.3 Å². The van der Waals surface area contributed by atoms with E-state index in [1.54, 1.807) is 0 Å². The number of hydrogen-bond donors (Lipinski definition) is 1. The van der Waals surface area contributed by atoms with E-state index in [0.29, 0.717) is 17.1 Å². The van der Waals surface area contributed by atoms with Crippen LogP contribution in [0, 0.1) is 13.8 Å². The van der Waals surface area contributed by atoms with Crippen LogP contribution in [-0.4, -0.2) is 10.5 Å². The summed E-state index contributed by atoms with van der Waals surface area (Å²) in [5.74, 6) is -0.0761. The van der Waals surface area contributed by atoms with Crippen LogP contribution in [0.15, 0.2) is 42.5 Å². The number of aryl methyl sites for hydroxylation is 2. The van der Waals surface area contributed by atoms with E-state index in [1.807, 2.05) is 49.5 Å². The first kappa shape index (κ1) is 15.6. The highest BCUT2D eigenvalue weighted by Gasteiger charge is 2.12. The Labute approximate surface area is 140 Å². The second-order valence-corrected chi connectivity index (χ2v) is 6.25. The number of benzene rings is 2. The van der Waals surface area contributed by atoms with Crippen LogP contribution in [-0.2, 0) is 13.6 Å². The van der Waals surface area contributed by atoms with Crippen LogP contribution in [0.25, 0.3) is 10.9 Å². The topological polar surface area (TPSA) is 34.0 Å². The molecule has 0 bridgehead atoms. The largest absolute Gasteiger partial charge is 0.348 e. The summed E-state index contributed by atoms with van der Waals surface area (Å²) in [7, 11) is 2.05. The van der Waals surface area contributed by atoms with Crippen molar-refractivity contribution in [2.45, 2.75) is 20.4 Å². The molecular weight excluding hydrogens is 308 g/mol. The number of aromatic nitrogens is 1. The second-order valence-electron chi connectivity index (χ2n) is 5.81. The average molecular weight is 327 g/mol. The lowest BCUT2D eigenvalue weighted by atomic mass is 10.1. The highest BCUT2D eigenvalue weighted by atomic mass is 35.5. The van der Waals surface area contributed by atoms with Gasteiger partial charge in [-0.25, -0.2) is 0 Å². The zero-order chi connectivity index (χ0) is 16.6. The molecule has 0 spiro atoms. The Morgan fingerprint density at radius 2 is 1.96 bits per heavy atom. The van der Waals surface area contributed by atoms with Crippen LogP contribution in [0.4, 0.5) is 0 Å². The maximum absolute atomic E-state index is 12.4. The number of carbonyl (C=O) groups excluding carboxylic acids is 1. The monoisotopic (exact) mass is 326 g/mol. The van der Waals surface area contributed by atoms with Crippen LogP contribution >= 0.6 is 11.6 Å². The van der Waals surface area contributed by atoms with E-state index in [-0.39, 0.29) is 5.91 Å². The Kier molecular flexibility index (Phi) is 4.14. The van der Waals surface area contributed by atoms with Gasteiger partial charge in [0, 0.05) is 40.8 Å². The van der Waals surface area contributed by atoms with E-state index in [9.17, 15) is 4.79 Å². The minimum absolute atomic E-state index is 0.0761. The van der Waals surface area contributed by atoms with E-state index in [2.05, 4.69) is 23.7 Å². The van der Waals surface area contributed by atoms with Crippen molar-refractivity contribution in [3.05, 3.63) is 69.9 Å². The fraction of sp³-hybridized carbons (Fsp3) is 0.211. The van der Waals surface area contributed by atoms with Gasteiger partial charge in [-0.15, -0.1) is 0 Å². The molecule has 3 aromatic rings. The molecule has 0 aliphatic heterocycles. The Bertz CT molecular complexity index is 896. The van der Waals surface area contributed by atoms with Crippen LogP contribution in [0.1, 0.15) is 27.2 Å². The first-order valence-corrected chi connectivity index (χ1v) is 7.93. The zero-order valence-corrected chi connectivity index (χ0v) is 14.2. The molecule has 23 heavy (non-hydrogen) atoms. The van der Waals surface area contributed by atoms with Gasteiger partial charge in [0.1, 0.15) is 0 Å². The minimum atomic E-state index is -0.0761. The van der Waals surface area contributed by atoms with Gasteiger partial charge in [-0.2, -0.15) is 0 Å². The molecule has 3 nitrogen and oxygen atoms in total. The summed E-state index contributed by atoms with van der Waals surface area (Å²) < 4.78 is 2.15. The number of fused-ring (bicyclic) bond motifs is 1. The minimum Gasteiger partial charge on any atom is -0.348 e. The molecule has 0 atom stereocenters. The fourth-order valence-corrected chi connectivity index (χ4v) is 3.04. The standard InChI is InChI=1S/C19H19ClN2O/c1-12-13(2)22(3)18-8-7-15(10-17(12)18)19(23)21-11-14-5-4-6-16(20)9-14/h4-10H,11H2,1-3H3,(H,21,23). The number of nitrogens with zero attached hydrogens (tertiary/aromatic N) is 1. The van der Waals surface area contributed by atoms with Gasteiger partial charge in [-0.05, 0) is 55.3 Å². The molecule has 1 aromatic heterocycles. The quantitative estimate of drug-likeness (QED) is 0.761. The van der Waals surface area contributed by atoms with Crippen LogP contribution in [0.5, 0.6) is 0 Å². The Morgan fingerprint density at radius 3 is 2.70 bits per heavy atom. The summed E-state index contributed by atoms with van der Waals surface area (Å²) in [4.78, 5) is 12.4. The number of nitrogens with one attached hydrogen (secondary N) is 1. The molecule has 0 saturated carbocycles. The van der Waals surface area contributed by atoms with Gasteiger partial charge in [-0.3, -0.25) is 4.79 Å².